The molecule has 2 aromatic heterocycles. The predicted octanol–water partition coefficient (Wildman–Crippen LogP) is 3.07. The maximum Gasteiger partial charge on any atom is 0.275 e. The van der Waals surface area contributed by atoms with Crippen LogP contribution in [-0.4, -0.2) is 20.7 Å². The van der Waals surface area contributed by atoms with Gasteiger partial charge in [0.2, 0.25) is 0 Å². The Balaban J connectivity index is 1.87. The molecule has 2 heterocycles. The van der Waals surface area contributed by atoms with E-state index in [9.17, 15) is 4.79 Å². The molecule has 0 fully saturated rings. The van der Waals surface area contributed by atoms with Crippen LogP contribution in [0, 0.1) is 6.92 Å². The molecule has 6 heteroatoms. The van der Waals surface area contributed by atoms with Crippen molar-refractivity contribution < 1.29 is 4.79 Å². The second-order valence-corrected chi connectivity index (χ2v) is 5.51. The zero-order valence-electron chi connectivity index (χ0n) is 11.3. The fourth-order valence-electron chi connectivity index (χ4n) is 2.02. The second kappa shape index (κ2) is 5.05. The Kier molecular flexibility index (Phi) is 3.23. The van der Waals surface area contributed by atoms with Crippen molar-refractivity contribution in [3.63, 3.8) is 0 Å². The monoisotopic (exact) mass is 286 g/mol. The number of nitrogens with one attached hydrogen (secondary N) is 1. The highest BCUT2D eigenvalue weighted by Crippen LogP contribution is 2.26. The number of benzene rings is 1. The lowest BCUT2D eigenvalue weighted by Crippen LogP contribution is -2.17. The number of anilines is 1. The van der Waals surface area contributed by atoms with Gasteiger partial charge in [0, 0.05) is 12.7 Å². The van der Waals surface area contributed by atoms with Crippen LogP contribution in [0.4, 0.5) is 5.13 Å². The molecule has 3 rings (SSSR count). The van der Waals surface area contributed by atoms with E-state index in [1.807, 2.05) is 26.0 Å². The number of rotatable bonds is 3. The van der Waals surface area contributed by atoms with Gasteiger partial charge in [-0.05, 0) is 37.6 Å². The number of carbonyl (C=O) groups is 1. The maximum atomic E-state index is 12.2. The Labute approximate surface area is 120 Å². The molecule has 0 radical (unpaired) electrons. The van der Waals surface area contributed by atoms with Crippen LogP contribution in [0.15, 0.2) is 30.5 Å². The summed E-state index contributed by atoms with van der Waals surface area (Å²) in [6, 6.07) is 7.75. The van der Waals surface area contributed by atoms with Crippen LogP contribution in [0.25, 0.3) is 10.2 Å². The van der Waals surface area contributed by atoms with Gasteiger partial charge in [-0.1, -0.05) is 17.4 Å². The van der Waals surface area contributed by atoms with Crippen molar-refractivity contribution in [1.82, 2.24) is 14.8 Å². The lowest BCUT2D eigenvalue weighted by atomic mass is 10.2. The van der Waals surface area contributed by atoms with Crippen LogP contribution in [0.5, 0.6) is 0 Å². The van der Waals surface area contributed by atoms with Crippen LogP contribution in [0.1, 0.15) is 23.0 Å². The number of nitrogens with zero attached hydrogens (tertiary/aromatic N) is 3. The zero-order chi connectivity index (χ0) is 14.1. The molecule has 0 bridgehead atoms. The van der Waals surface area contributed by atoms with E-state index in [-0.39, 0.29) is 5.91 Å². The highest BCUT2D eigenvalue weighted by atomic mass is 32.1. The quantitative estimate of drug-likeness (QED) is 0.805. The summed E-state index contributed by atoms with van der Waals surface area (Å²) in [6.07, 6.45) is 1.63. The third-order valence-corrected chi connectivity index (χ3v) is 3.95. The first-order valence-corrected chi connectivity index (χ1v) is 7.19. The zero-order valence-corrected chi connectivity index (χ0v) is 12.1. The molecule has 1 amide bonds. The Bertz CT molecular complexity index is 774. The average molecular weight is 286 g/mol. The van der Waals surface area contributed by atoms with E-state index in [0.717, 1.165) is 10.2 Å². The first-order valence-electron chi connectivity index (χ1n) is 6.37. The number of thiazole rings is 1. The van der Waals surface area contributed by atoms with Crippen molar-refractivity contribution >= 4 is 32.6 Å². The van der Waals surface area contributed by atoms with E-state index >= 15 is 0 Å². The molecular formula is C14H14N4OS. The molecule has 3 aromatic rings. The molecule has 0 atom stereocenters. The molecule has 1 N–H and O–H groups in total. The molecule has 0 aliphatic heterocycles. The Morgan fingerprint density at radius 2 is 2.25 bits per heavy atom. The van der Waals surface area contributed by atoms with Gasteiger partial charge in [0.25, 0.3) is 5.91 Å². The predicted molar refractivity (Wildman–Crippen MR) is 80.2 cm³/mol. The van der Waals surface area contributed by atoms with E-state index in [1.165, 1.54) is 16.9 Å². The van der Waals surface area contributed by atoms with Gasteiger partial charge >= 0.3 is 0 Å². The number of aryl methyl sites for hydroxylation is 2. The topological polar surface area (TPSA) is 59.8 Å². The normalized spacial score (nSPS) is 10.9. The second-order valence-electron chi connectivity index (χ2n) is 4.48. The number of aromatic nitrogens is 3. The molecule has 5 nitrogen and oxygen atoms in total. The van der Waals surface area contributed by atoms with Gasteiger partial charge in [-0.25, -0.2) is 4.98 Å². The van der Waals surface area contributed by atoms with Crippen LogP contribution in [0.3, 0.4) is 0 Å². The molecule has 0 aliphatic carbocycles. The van der Waals surface area contributed by atoms with E-state index < -0.39 is 0 Å². The summed E-state index contributed by atoms with van der Waals surface area (Å²) >= 11 is 1.48. The van der Waals surface area contributed by atoms with Crippen LogP contribution in [0.2, 0.25) is 0 Å². The number of amides is 1. The smallest absolute Gasteiger partial charge is 0.275 e. The first-order chi connectivity index (χ1) is 9.67. The van der Waals surface area contributed by atoms with Gasteiger partial charge in [0.05, 0.1) is 10.2 Å². The molecule has 0 aliphatic rings. The third kappa shape index (κ3) is 2.30. The lowest BCUT2D eigenvalue weighted by Gasteiger charge is -2.03. The molecule has 0 unspecified atom stereocenters. The summed E-state index contributed by atoms with van der Waals surface area (Å²) in [5.74, 6) is -0.180. The van der Waals surface area contributed by atoms with E-state index in [2.05, 4.69) is 21.5 Å². The summed E-state index contributed by atoms with van der Waals surface area (Å²) in [6.45, 7) is 4.65. The molecule has 0 saturated carbocycles. The minimum atomic E-state index is -0.180. The van der Waals surface area contributed by atoms with E-state index in [0.29, 0.717) is 17.4 Å². The molecular weight excluding hydrogens is 272 g/mol. The van der Waals surface area contributed by atoms with Crippen molar-refractivity contribution in [2.45, 2.75) is 20.4 Å². The summed E-state index contributed by atoms with van der Waals surface area (Å²) in [5.41, 5.74) is 2.63. The van der Waals surface area contributed by atoms with Gasteiger partial charge < -0.3 is 0 Å². The standard InChI is InChI=1S/C14H14N4OS/c1-3-18-11(6-7-15-18)13(19)17-14-16-10-5-4-9(2)8-12(10)20-14/h4-8H,3H2,1-2H3,(H,16,17,19). The molecule has 20 heavy (non-hydrogen) atoms. The largest absolute Gasteiger partial charge is 0.296 e. The minimum Gasteiger partial charge on any atom is -0.296 e. The average Bonchev–Trinajstić information content (AvgIpc) is 3.03. The van der Waals surface area contributed by atoms with E-state index in [4.69, 9.17) is 0 Å². The summed E-state index contributed by atoms with van der Waals surface area (Å²) < 4.78 is 2.73. The third-order valence-electron chi connectivity index (χ3n) is 3.01. The fraction of sp³-hybridized carbons (Fsp3) is 0.214. The minimum absolute atomic E-state index is 0.180. The van der Waals surface area contributed by atoms with Gasteiger partial charge in [0.1, 0.15) is 5.69 Å². The Hall–Kier alpha value is -2.21. The van der Waals surface area contributed by atoms with E-state index in [1.54, 1.807) is 16.9 Å². The molecule has 102 valence electrons. The fourth-order valence-corrected chi connectivity index (χ4v) is 2.98. The Morgan fingerprint density at radius 3 is 3.05 bits per heavy atom. The number of carbonyl (C=O) groups excluding carboxylic acids is 1. The highest BCUT2D eigenvalue weighted by Gasteiger charge is 2.13. The first kappa shape index (κ1) is 12.8. The van der Waals surface area contributed by atoms with Crippen LogP contribution < -0.4 is 5.32 Å². The molecule has 0 spiro atoms. The van der Waals surface area contributed by atoms with Crippen molar-refractivity contribution in [3.8, 4) is 0 Å². The van der Waals surface area contributed by atoms with Gasteiger partial charge in [-0.2, -0.15) is 5.10 Å². The van der Waals surface area contributed by atoms with Crippen molar-refractivity contribution in [3.05, 3.63) is 41.7 Å². The summed E-state index contributed by atoms with van der Waals surface area (Å²) in [5, 5.41) is 7.54. The number of hydrogen-bond donors (Lipinski definition) is 1. The van der Waals surface area contributed by atoms with Gasteiger partial charge in [-0.15, -0.1) is 0 Å². The Morgan fingerprint density at radius 1 is 1.40 bits per heavy atom. The van der Waals surface area contributed by atoms with Gasteiger partial charge in [-0.3, -0.25) is 14.8 Å². The van der Waals surface area contributed by atoms with Crippen molar-refractivity contribution in [2.24, 2.45) is 0 Å². The van der Waals surface area contributed by atoms with Crippen molar-refractivity contribution in [2.75, 3.05) is 5.32 Å². The number of hydrogen-bond acceptors (Lipinski definition) is 4. The summed E-state index contributed by atoms with van der Waals surface area (Å²) in [7, 11) is 0. The van der Waals surface area contributed by atoms with Gasteiger partial charge in [0.15, 0.2) is 5.13 Å². The van der Waals surface area contributed by atoms with Crippen molar-refractivity contribution in [1.29, 1.82) is 0 Å². The number of fused-ring (bicyclic) bond motifs is 1. The molecule has 0 saturated heterocycles. The SMILES string of the molecule is CCn1nccc1C(=O)Nc1nc2ccc(C)cc2s1. The van der Waals surface area contributed by atoms with Crippen LogP contribution >= 0.6 is 11.3 Å². The van der Waals surface area contributed by atoms with Crippen LogP contribution in [-0.2, 0) is 6.54 Å². The highest BCUT2D eigenvalue weighted by molar-refractivity contribution is 7.22. The summed E-state index contributed by atoms with van der Waals surface area (Å²) in [4.78, 5) is 16.6. The molecule has 1 aromatic carbocycles. The lowest BCUT2D eigenvalue weighted by molar-refractivity contribution is 0.101. The maximum absolute atomic E-state index is 12.2.